The van der Waals surface area contributed by atoms with Gasteiger partial charge in [0, 0.05) is 31.7 Å². The summed E-state index contributed by atoms with van der Waals surface area (Å²) in [6.45, 7) is 2.23. The topological polar surface area (TPSA) is 71.8 Å². The fraction of sp³-hybridized carbons (Fsp3) is 0.357. The van der Waals surface area contributed by atoms with Crippen LogP contribution in [-0.2, 0) is 11.3 Å². The molecule has 22 heavy (non-hydrogen) atoms. The fourth-order valence-corrected chi connectivity index (χ4v) is 2.31. The summed E-state index contributed by atoms with van der Waals surface area (Å²) in [5.74, 6) is 0.971. The largest absolute Gasteiger partial charge is 0.352 e. The molecule has 0 bridgehead atoms. The van der Waals surface area contributed by atoms with E-state index in [9.17, 15) is 4.79 Å². The number of carbonyl (C=O) groups excluding carboxylic acids is 1. The van der Waals surface area contributed by atoms with Gasteiger partial charge in [0.05, 0.1) is 5.92 Å². The highest BCUT2D eigenvalue weighted by atomic mass is 35.5. The molecule has 1 aliphatic rings. The summed E-state index contributed by atoms with van der Waals surface area (Å²) >= 11 is 0. The molecule has 1 amide bonds. The summed E-state index contributed by atoms with van der Waals surface area (Å²) in [7, 11) is 0. The molecule has 1 unspecified atom stereocenters. The Kier molecular flexibility index (Phi) is 7.31. The third-order valence-electron chi connectivity index (χ3n) is 3.45. The highest BCUT2D eigenvalue weighted by Gasteiger charge is 2.21. The van der Waals surface area contributed by atoms with Crippen molar-refractivity contribution in [1.82, 2.24) is 25.4 Å². The zero-order valence-electron chi connectivity index (χ0n) is 11.9. The van der Waals surface area contributed by atoms with Crippen LogP contribution < -0.4 is 10.6 Å². The zero-order chi connectivity index (χ0) is 13.8. The van der Waals surface area contributed by atoms with Crippen LogP contribution >= 0.6 is 24.8 Å². The predicted octanol–water partition coefficient (Wildman–Crippen LogP) is 1.34. The standard InChI is InChI=1S/C14H17N5O.2ClH/c20-14(12-3-5-15-10-12)17-9-11-2-6-16-13(8-11)19-7-1-4-18-19;;/h1-2,4,6-8,12,15H,3,5,9-10H2,(H,17,20);2*1H. The molecule has 1 aliphatic heterocycles. The van der Waals surface area contributed by atoms with E-state index >= 15 is 0 Å². The minimum Gasteiger partial charge on any atom is -0.352 e. The van der Waals surface area contributed by atoms with Gasteiger partial charge in [-0.1, -0.05) is 0 Å². The van der Waals surface area contributed by atoms with Gasteiger partial charge in [-0.05, 0) is 36.7 Å². The molecule has 1 saturated heterocycles. The van der Waals surface area contributed by atoms with Crippen molar-refractivity contribution in [2.75, 3.05) is 13.1 Å². The Labute approximate surface area is 141 Å². The molecule has 2 aromatic rings. The van der Waals surface area contributed by atoms with E-state index in [1.807, 2.05) is 24.4 Å². The van der Waals surface area contributed by atoms with E-state index in [4.69, 9.17) is 0 Å². The van der Waals surface area contributed by atoms with Crippen LogP contribution in [0.4, 0.5) is 0 Å². The summed E-state index contributed by atoms with van der Waals surface area (Å²) in [5.41, 5.74) is 1.02. The van der Waals surface area contributed by atoms with E-state index in [2.05, 4.69) is 20.7 Å². The van der Waals surface area contributed by atoms with Crippen molar-refractivity contribution in [1.29, 1.82) is 0 Å². The maximum absolute atomic E-state index is 11.9. The molecule has 0 saturated carbocycles. The van der Waals surface area contributed by atoms with Gasteiger partial charge in [0.1, 0.15) is 0 Å². The van der Waals surface area contributed by atoms with Crippen molar-refractivity contribution in [3.8, 4) is 5.82 Å². The third-order valence-corrected chi connectivity index (χ3v) is 3.45. The first-order valence-electron chi connectivity index (χ1n) is 6.76. The fourth-order valence-electron chi connectivity index (χ4n) is 2.31. The van der Waals surface area contributed by atoms with Gasteiger partial charge in [-0.15, -0.1) is 24.8 Å². The second kappa shape index (κ2) is 8.73. The molecule has 1 fully saturated rings. The van der Waals surface area contributed by atoms with Crippen LogP contribution in [0.25, 0.3) is 5.82 Å². The highest BCUT2D eigenvalue weighted by Crippen LogP contribution is 2.09. The normalized spacial score (nSPS) is 16.5. The molecule has 3 rings (SSSR count). The molecule has 2 aromatic heterocycles. The number of aromatic nitrogens is 3. The lowest BCUT2D eigenvalue weighted by molar-refractivity contribution is -0.124. The highest BCUT2D eigenvalue weighted by molar-refractivity contribution is 5.85. The Hall–Kier alpha value is -1.63. The molecule has 1 atom stereocenters. The van der Waals surface area contributed by atoms with Crippen molar-refractivity contribution in [2.45, 2.75) is 13.0 Å². The van der Waals surface area contributed by atoms with E-state index in [1.54, 1.807) is 17.1 Å². The molecular weight excluding hydrogens is 325 g/mol. The van der Waals surface area contributed by atoms with Crippen molar-refractivity contribution in [2.24, 2.45) is 5.92 Å². The number of hydrogen-bond acceptors (Lipinski definition) is 4. The van der Waals surface area contributed by atoms with Gasteiger partial charge in [-0.25, -0.2) is 9.67 Å². The van der Waals surface area contributed by atoms with Crippen LogP contribution in [0.2, 0.25) is 0 Å². The van der Waals surface area contributed by atoms with Crippen LogP contribution in [0.1, 0.15) is 12.0 Å². The van der Waals surface area contributed by atoms with E-state index in [0.717, 1.165) is 30.9 Å². The minimum atomic E-state index is 0. The van der Waals surface area contributed by atoms with Crippen molar-refractivity contribution >= 4 is 30.7 Å². The van der Waals surface area contributed by atoms with Gasteiger partial charge in [-0.2, -0.15) is 5.10 Å². The van der Waals surface area contributed by atoms with Gasteiger partial charge in [0.15, 0.2) is 5.82 Å². The van der Waals surface area contributed by atoms with E-state index < -0.39 is 0 Å². The summed E-state index contributed by atoms with van der Waals surface area (Å²) in [5, 5.41) is 10.3. The van der Waals surface area contributed by atoms with Crippen molar-refractivity contribution in [3.63, 3.8) is 0 Å². The van der Waals surface area contributed by atoms with E-state index in [1.165, 1.54) is 0 Å². The van der Waals surface area contributed by atoms with Crippen LogP contribution in [0.3, 0.4) is 0 Å². The Balaban J connectivity index is 0.00000121. The first kappa shape index (κ1) is 18.4. The Morgan fingerprint density at radius 1 is 1.41 bits per heavy atom. The molecule has 2 N–H and O–H groups in total. The predicted molar refractivity (Wildman–Crippen MR) is 88.7 cm³/mol. The summed E-state index contributed by atoms with van der Waals surface area (Å²) in [6.07, 6.45) is 6.20. The monoisotopic (exact) mass is 343 g/mol. The lowest BCUT2D eigenvalue weighted by Gasteiger charge is -2.10. The summed E-state index contributed by atoms with van der Waals surface area (Å²) in [6, 6.07) is 5.68. The average Bonchev–Trinajstić information content (AvgIpc) is 3.17. The molecular formula is C14H19Cl2N5O. The number of nitrogens with one attached hydrogen (secondary N) is 2. The molecule has 6 nitrogen and oxygen atoms in total. The number of nitrogens with zero attached hydrogens (tertiary/aromatic N) is 3. The maximum atomic E-state index is 11.9. The number of carbonyl (C=O) groups is 1. The third kappa shape index (κ3) is 4.43. The van der Waals surface area contributed by atoms with Gasteiger partial charge in [0.2, 0.25) is 5.91 Å². The van der Waals surface area contributed by atoms with Gasteiger partial charge in [0.25, 0.3) is 0 Å². The second-order valence-electron chi connectivity index (χ2n) is 4.88. The molecule has 0 radical (unpaired) electrons. The molecule has 8 heteroatoms. The lowest BCUT2D eigenvalue weighted by atomic mass is 10.1. The van der Waals surface area contributed by atoms with E-state index in [-0.39, 0.29) is 36.6 Å². The quantitative estimate of drug-likeness (QED) is 0.878. The minimum absolute atomic E-state index is 0. The van der Waals surface area contributed by atoms with Crippen molar-refractivity contribution < 1.29 is 4.79 Å². The van der Waals surface area contributed by atoms with Crippen LogP contribution in [0.15, 0.2) is 36.8 Å². The van der Waals surface area contributed by atoms with Gasteiger partial charge < -0.3 is 10.6 Å². The van der Waals surface area contributed by atoms with Gasteiger partial charge in [-0.3, -0.25) is 4.79 Å². The zero-order valence-corrected chi connectivity index (χ0v) is 13.6. The first-order valence-corrected chi connectivity index (χ1v) is 6.76. The number of amides is 1. The average molecular weight is 344 g/mol. The Morgan fingerprint density at radius 2 is 2.27 bits per heavy atom. The Bertz CT molecular complexity index is 585. The number of rotatable bonds is 4. The SMILES string of the molecule is Cl.Cl.O=C(NCc1ccnc(-n2cccn2)c1)C1CCNC1. The Morgan fingerprint density at radius 3 is 2.95 bits per heavy atom. The summed E-state index contributed by atoms with van der Waals surface area (Å²) in [4.78, 5) is 16.2. The van der Waals surface area contributed by atoms with Crippen LogP contribution in [0.5, 0.6) is 0 Å². The lowest BCUT2D eigenvalue weighted by Crippen LogP contribution is -2.31. The summed E-state index contributed by atoms with van der Waals surface area (Å²) < 4.78 is 1.70. The van der Waals surface area contributed by atoms with E-state index in [0.29, 0.717) is 6.54 Å². The van der Waals surface area contributed by atoms with Crippen LogP contribution in [-0.4, -0.2) is 33.8 Å². The maximum Gasteiger partial charge on any atom is 0.224 e. The molecule has 0 aromatic carbocycles. The molecule has 0 spiro atoms. The molecule has 0 aliphatic carbocycles. The first-order chi connectivity index (χ1) is 9.83. The van der Waals surface area contributed by atoms with Crippen molar-refractivity contribution in [3.05, 3.63) is 42.4 Å². The van der Waals surface area contributed by atoms with Crippen LogP contribution in [0, 0.1) is 5.92 Å². The smallest absolute Gasteiger partial charge is 0.224 e. The van der Waals surface area contributed by atoms with Gasteiger partial charge >= 0.3 is 0 Å². The number of halogens is 2. The number of pyridine rings is 1. The second-order valence-corrected chi connectivity index (χ2v) is 4.88. The number of hydrogen-bond donors (Lipinski definition) is 2. The molecule has 120 valence electrons. The molecule has 3 heterocycles.